The van der Waals surface area contributed by atoms with Crippen LogP contribution in [-0.4, -0.2) is 51.8 Å². The number of hydrogen-bond acceptors (Lipinski definition) is 4. The molecule has 0 spiro atoms. The lowest BCUT2D eigenvalue weighted by molar-refractivity contribution is -0.126. The van der Waals surface area contributed by atoms with Crippen LogP contribution in [0.4, 0.5) is 5.95 Å². The summed E-state index contributed by atoms with van der Waals surface area (Å²) in [6.07, 6.45) is 4.71. The quantitative estimate of drug-likeness (QED) is 0.504. The van der Waals surface area contributed by atoms with Crippen LogP contribution in [0.2, 0.25) is 0 Å². The lowest BCUT2D eigenvalue weighted by Crippen LogP contribution is -2.34. The highest BCUT2D eigenvalue weighted by Crippen LogP contribution is 2.32. The van der Waals surface area contributed by atoms with E-state index in [-0.39, 0.29) is 23.8 Å². The zero-order chi connectivity index (χ0) is 24.8. The van der Waals surface area contributed by atoms with Gasteiger partial charge in [0.2, 0.25) is 11.9 Å². The van der Waals surface area contributed by atoms with Crippen molar-refractivity contribution in [2.45, 2.75) is 38.6 Å². The van der Waals surface area contributed by atoms with Gasteiger partial charge >= 0.3 is 0 Å². The summed E-state index contributed by atoms with van der Waals surface area (Å²) in [5, 5.41) is 5.91. The highest BCUT2D eigenvalue weighted by Gasteiger charge is 2.28. The van der Waals surface area contributed by atoms with Crippen molar-refractivity contribution in [2.75, 3.05) is 25.0 Å². The van der Waals surface area contributed by atoms with Gasteiger partial charge in [0, 0.05) is 25.2 Å². The summed E-state index contributed by atoms with van der Waals surface area (Å²) in [6.45, 7) is 7.28. The van der Waals surface area contributed by atoms with Crippen LogP contribution < -0.4 is 10.6 Å². The van der Waals surface area contributed by atoms with Crippen LogP contribution in [0, 0.1) is 0 Å². The molecular formula is C27H31N5O3. The van der Waals surface area contributed by atoms with E-state index in [1.54, 1.807) is 41.3 Å². The van der Waals surface area contributed by atoms with E-state index in [1.165, 1.54) is 6.08 Å². The van der Waals surface area contributed by atoms with Crippen LogP contribution in [0.15, 0.2) is 61.2 Å². The Morgan fingerprint density at radius 1 is 1.09 bits per heavy atom. The predicted molar refractivity (Wildman–Crippen MR) is 136 cm³/mol. The van der Waals surface area contributed by atoms with Gasteiger partial charge in [0.15, 0.2) is 0 Å². The van der Waals surface area contributed by atoms with Crippen molar-refractivity contribution in [2.24, 2.45) is 0 Å². The molecule has 3 amide bonds. The molecule has 2 heterocycles. The number of carbonyl (C=O) groups is 3. The van der Waals surface area contributed by atoms with Gasteiger partial charge in [-0.15, -0.1) is 0 Å². The van der Waals surface area contributed by atoms with E-state index in [0.717, 1.165) is 25.7 Å². The summed E-state index contributed by atoms with van der Waals surface area (Å²) >= 11 is 0. The number of anilines is 1. The third kappa shape index (κ3) is 5.26. The molecule has 35 heavy (non-hydrogen) atoms. The fraction of sp³-hybridized carbons (Fsp3) is 0.333. The zero-order valence-corrected chi connectivity index (χ0v) is 20.0. The number of para-hydroxylation sites is 1. The maximum atomic E-state index is 13.1. The Labute approximate surface area is 205 Å². The Morgan fingerprint density at radius 3 is 2.63 bits per heavy atom. The van der Waals surface area contributed by atoms with Crippen LogP contribution >= 0.6 is 0 Å². The first-order valence-electron chi connectivity index (χ1n) is 12.1. The Balaban J connectivity index is 1.82. The Morgan fingerprint density at radius 2 is 1.89 bits per heavy atom. The number of rotatable bonds is 7. The summed E-state index contributed by atoms with van der Waals surface area (Å²) < 4.78 is 1.94. The number of likely N-dealkylation sites (tertiary alicyclic amines) is 1. The first kappa shape index (κ1) is 24.2. The van der Waals surface area contributed by atoms with Gasteiger partial charge in [0.05, 0.1) is 22.6 Å². The Hall–Kier alpha value is -3.94. The van der Waals surface area contributed by atoms with Crippen LogP contribution in [0.3, 0.4) is 0 Å². The maximum absolute atomic E-state index is 13.1. The lowest BCUT2D eigenvalue weighted by Gasteiger charge is -2.26. The average Bonchev–Trinajstić information content (AvgIpc) is 3.07. The molecule has 8 nitrogen and oxygen atoms in total. The van der Waals surface area contributed by atoms with Crippen molar-refractivity contribution in [3.05, 3.63) is 72.3 Å². The van der Waals surface area contributed by atoms with Crippen LogP contribution in [0.1, 0.15) is 59.4 Å². The monoisotopic (exact) mass is 473 g/mol. The van der Waals surface area contributed by atoms with E-state index >= 15 is 0 Å². The average molecular weight is 474 g/mol. The number of imidazole rings is 1. The molecule has 0 aliphatic carbocycles. The minimum absolute atomic E-state index is 0.128. The molecule has 1 atom stereocenters. The lowest BCUT2D eigenvalue weighted by atomic mass is 10.1. The number of benzene rings is 2. The largest absolute Gasteiger partial charge is 0.352 e. The van der Waals surface area contributed by atoms with Crippen LogP contribution in [-0.2, 0) is 4.79 Å². The first-order chi connectivity index (χ1) is 17.0. The molecule has 0 saturated carbocycles. The van der Waals surface area contributed by atoms with Crippen molar-refractivity contribution in [1.29, 1.82) is 0 Å². The van der Waals surface area contributed by atoms with E-state index < -0.39 is 0 Å². The topological polar surface area (TPSA) is 96.3 Å². The number of nitrogens with zero attached hydrogens (tertiary/aromatic N) is 3. The second-order valence-corrected chi connectivity index (χ2v) is 8.69. The number of carbonyl (C=O) groups excluding carboxylic acids is 3. The SMILES string of the molecule is C=CC(=O)N1CCCCC(n2c(NC(=O)c3ccccc3)nc3cccc(C(=O)NCCC)c32)C1. The van der Waals surface area contributed by atoms with E-state index in [9.17, 15) is 14.4 Å². The summed E-state index contributed by atoms with van der Waals surface area (Å²) in [7, 11) is 0. The molecule has 4 rings (SSSR count). The second kappa shape index (κ2) is 11.0. The first-order valence-corrected chi connectivity index (χ1v) is 12.1. The third-order valence-corrected chi connectivity index (χ3v) is 6.25. The van der Waals surface area contributed by atoms with Crippen LogP contribution in [0.25, 0.3) is 11.0 Å². The summed E-state index contributed by atoms with van der Waals surface area (Å²) in [5.74, 6) is -0.237. The Bertz CT molecular complexity index is 1230. The second-order valence-electron chi connectivity index (χ2n) is 8.69. The summed E-state index contributed by atoms with van der Waals surface area (Å²) in [6, 6.07) is 14.2. The number of nitrogens with one attached hydrogen (secondary N) is 2. The van der Waals surface area contributed by atoms with Crippen molar-refractivity contribution < 1.29 is 14.4 Å². The summed E-state index contributed by atoms with van der Waals surface area (Å²) in [4.78, 5) is 45.1. The molecule has 182 valence electrons. The molecule has 1 fully saturated rings. The molecular weight excluding hydrogens is 442 g/mol. The molecule has 2 N–H and O–H groups in total. The van der Waals surface area contributed by atoms with Gasteiger partial charge in [0.1, 0.15) is 0 Å². The number of aromatic nitrogens is 2. The molecule has 2 aromatic carbocycles. The fourth-order valence-corrected chi connectivity index (χ4v) is 4.53. The normalized spacial score (nSPS) is 15.9. The minimum atomic E-state index is -0.285. The molecule has 3 aromatic rings. The highest BCUT2D eigenvalue weighted by molar-refractivity contribution is 6.07. The zero-order valence-electron chi connectivity index (χ0n) is 20.0. The molecule has 1 aromatic heterocycles. The number of fused-ring (bicyclic) bond motifs is 1. The summed E-state index contributed by atoms with van der Waals surface area (Å²) in [5.41, 5.74) is 2.27. The van der Waals surface area contributed by atoms with Gasteiger partial charge in [0.25, 0.3) is 11.8 Å². The predicted octanol–water partition coefficient (Wildman–Crippen LogP) is 4.17. The number of hydrogen-bond donors (Lipinski definition) is 2. The van der Waals surface area contributed by atoms with Gasteiger partial charge in [-0.2, -0.15) is 0 Å². The third-order valence-electron chi connectivity index (χ3n) is 6.25. The molecule has 8 heteroatoms. The maximum Gasteiger partial charge on any atom is 0.257 e. The van der Waals surface area contributed by atoms with Gasteiger partial charge in [-0.1, -0.05) is 37.8 Å². The highest BCUT2D eigenvalue weighted by atomic mass is 16.2. The number of amides is 3. The molecule has 0 radical (unpaired) electrons. The van der Waals surface area contributed by atoms with Gasteiger partial charge in [-0.3, -0.25) is 19.7 Å². The fourth-order valence-electron chi connectivity index (χ4n) is 4.53. The van der Waals surface area contributed by atoms with Gasteiger partial charge in [-0.25, -0.2) is 4.98 Å². The molecule has 0 bridgehead atoms. The standard InChI is InChI=1S/C27H31N5O3/c1-3-16-28-26(35)21-14-10-15-22-24(21)32(20-13-8-9-17-31(18-20)23(33)4-2)27(29-22)30-25(34)19-11-6-5-7-12-19/h4-7,10-12,14-15,20H,2-3,8-9,13,16-18H2,1H3,(H,28,35)(H,29,30,34). The van der Waals surface area contributed by atoms with E-state index in [0.29, 0.717) is 47.7 Å². The molecule has 1 aliphatic rings. The van der Waals surface area contributed by atoms with Crippen molar-refractivity contribution in [1.82, 2.24) is 19.8 Å². The van der Waals surface area contributed by atoms with E-state index in [2.05, 4.69) is 17.2 Å². The van der Waals surface area contributed by atoms with Gasteiger partial charge in [-0.05, 0) is 56.0 Å². The van der Waals surface area contributed by atoms with E-state index in [4.69, 9.17) is 4.98 Å². The van der Waals surface area contributed by atoms with E-state index in [1.807, 2.05) is 23.6 Å². The van der Waals surface area contributed by atoms with Crippen molar-refractivity contribution >= 4 is 34.7 Å². The van der Waals surface area contributed by atoms with Gasteiger partial charge < -0.3 is 14.8 Å². The molecule has 1 unspecified atom stereocenters. The smallest absolute Gasteiger partial charge is 0.257 e. The van der Waals surface area contributed by atoms with Crippen LogP contribution in [0.5, 0.6) is 0 Å². The van der Waals surface area contributed by atoms with Crippen molar-refractivity contribution in [3.8, 4) is 0 Å². The molecule has 1 saturated heterocycles. The van der Waals surface area contributed by atoms with Crippen molar-refractivity contribution in [3.63, 3.8) is 0 Å². The minimum Gasteiger partial charge on any atom is -0.352 e. The Kier molecular flexibility index (Phi) is 7.60. The molecule has 1 aliphatic heterocycles.